The van der Waals surface area contributed by atoms with Crippen molar-refractivity contribution >= 4 is 50.2 Å². The molecule has 1 heterocycles. The SMILES string of the molecule is C1=CC(N(c2ccccc2)c2ccc(-c3cccc4c3c3ccccc3n4-c3ccccc3)cc2)=CCC1.CC.Cc1ccc(N(c2ccccc2)c2ccccc2)cc1. The Morgan fingerprint density at radius 3 is 1.48 bits per heavy atom. The molecule has 9 aromatic rings. The van der Waals surface area contributed by atoms with Gasteiger partial charge >= 0.3 is 0 Å². The average molecular weight is 778 g/mol. The van der Waals surface area contributed by atoms with Crippen molar-refractivity contribution in [2.45, 2.75) is 33.6 Å². The summed E-state index contributed by atoms with van der Waals surface area (Å²) >= 11 is 0. The molecule has 8 aromatic carbocycles. The molecule has 10 rings (SSSR count). The largest absolute Gasteiger partial charge is 0.311 e. The molecule has 0 bridgehead atoms. The number of fused-ring (bicyclic) bond motifs is 3. The van der Waals surface area contributed by atoms with Crippen LogP contribution >= 0.6 is 0 Å². The summed E-state index contributed by atoms with van der Waals surface area (Å²) in [6, 6.07) is 75.2. The van der Waals surface area contributed by atoms with Crippen LogP contribution < -0.4 is 9.80 Å². The monoisotopic (exact) mass is 777 g/mol. The van der Waals surface area contributed by atoms with Gasteiger partial charge in [0.25, 0.3) is 0 Å². The second-order valence-corrected chi connectivity index (χ2v) is 14.6. The second kappa shape index (κ2) is 18.9. The molecule has 1 aromatic heterocycles. The zero-order valence-corrected chi connectivity index (χ0v) is 34.7. The summed E-state index contributed by atoms with van der Waals surface area (Å²) in [6.45, 7) is 6.11. The first-order valence-corrected chi connectivity index (χ1v) is 21.1. The van der Waals surface area contributed by atoms with Crippen LogP contribution in [0.4, 0.5) is 28.4 Å². The second-order valence-electron chi connectivity index (χ2n) is 14.6. The molecule has 3 nitrogen and oxygen atoms in total. The van der Waals surface area contributed by atoms with Crippen molar-refractivity contribution in [3.63, 3.8) is 0 Å². The van der Waals surface area contributed by atoms with Gasteiger partial charge in [0, 0.05) is 50.6 Å². The van der Waals surface area contributed by atoms with Gasteiger partial charge in [-0.3, -0.25) is 0 Å². The Morgan fingerprint density at radius 2 is 0.900 bits per heavy atom. The van der Waals surface area contributed by atoms with Crippen LogP contribution in [0, 0.1) is 6.92 Å². The highest BCUT2D eigenvalue weighted by molar-refractivity contribution is 6.15. The van der Waals surface area contributed by atoms with E-state index in [0.717, 1.165) is 18.5 Å². The van der Waals surface area contributed by atoms with Gasteiger partial charge in [-0.25, -0.2) is 0 Å². The zero-order chi connectivity index (χ0) is 41.1. The molecule has 0 radical (unpaired) electrons. The fourth-order valence-electron chi connectivity index (χ4n) is 7.99. The number of anilines is 5. The van der Waals surface area contributed by atoms with Crippen LogP contribution in [-0.2, 0) is 0 Å². The molecule has 0 atom stereocenters. The molecule has 0 fully saturated rings. The maximum atomic E-state index is 2.38. The van der Waals surface area contributed by atoms with Crippen molar-refractivity contribution in [2.24, 2.45) is 0 Å². The average Bonchev–Trinajstić information content (AvgIpc) is 3.67. The molecule has 294 valence electrons. The fraction of sp³-hybridized carbons (Fsp3) is 0.0877. The topological polar surface area (TPSA) is 11.4 Å². The fourth-order valence-corrected chi connectivity index (χ4v) is 7.99. The van der Waals surface area contributed by atoms with Crippen LogP contribution in [0.3, 0.4) is 0 Å². The highest BCUT2D eigenvalue weighted by Gasteiger charge is 2.18. The Bertz CT molecular complexity index is 2760. The standard InChI is InChI=1S/C36H28N2.C19H17N.C2H6/c1-4-13-28(14-5-1)37(29-15-6-2-7-16-29)31-25-23-27(24-26-31)32-20-12-22-35-36(32)33-19-10-11-21-34(33)38(35)30-17-8-3-9-18-30;1-16-12-14-19(15-13-16)20(17-8-4-2-5-9-17)18-10-6-3-7-11-18;1-2/h1,3-6,8-26H,2,7H2;2-15H,1H3;1-2H3. The van der Waals surface area contributed by atoms with Crippen molar-refractivity contribution < 1.29 is 0 Å². The molecule has 60 heavy (non-hydrogen) atoms. The summed E-state index contributed by atoms with van der Waals surface area (Å²) in [4.78, 5) is 4.61. The first kappa shape index (κ1) is 39.5. The van der Waals surface area contributed by atoms with E-state index in [2.05, 4.69) is 240 Å². The number of benzene rings is 8. The van der Waals surface area contributed by atoms with E-state index in [9.17, 15) is 0 Å². The van der Waals surface area contributed by atoms with E-state index >= 15 is 0 Å². The highest BCUT2D eigenvalue weighted by Crippen LogP contribution is 2.40. The summed E-state index contributed by atoms with van der Waals surface area (Å²) in [7, 11) is 0. The van der Waals surface area contributed by atoms with Crippen LogP contribution in [0.1, 0.15) is 32.3 Å². The van der Waals surface area contributed by atoms with E-state index in [1.54, 1.807) is 0 Å². The summed E-state index contributed by atoms with van der Waals surface area (Å²) in [5, 5.41) is 2.56. The van der Waals surface area contributed by atoms with Crippen LogP contribution in [0.25, 0.3) is 38.6 Å². The van der Waals surface area contributed by atoms with E-state index in [4.69, 9.17) is 0 Å². The number of hydrogen-bond acceptors (Lipinski definition) is 2. The Hall–Kier alpha value is -7.36. The lowest BCUT2D eigenvalue weighted by molar-refractivity contribution is 0.997. The first-order chi connectivity index (χ1) is 29.7. The van der Waals surface area contributed by atoms with Gasteiger partial charge in [0.2, 0.25) is 0 Å². The lowest BCUT2D eigenvalue weighted by Crippen LogP contribution is -2.16. The molecule has 1 aliphatic carbocycles. The molecule has 0 saturated carbocycles. The van der Waals surface area contributed by atoms with Gasteiger partial charge in [0.1, 0.15) is 0 Å². The molecule has 0 N–H and O–H groups in total. The molecule has 0 spiro atoms. The summed E-state index contributed by atoms with van der Waals surface area (Å²) in [6.07, 6.45) is 9.01. The number of nitrogens with zero attached hydrogens (tertiary/aromatic N) is 3. The lowest BCUT2D eigenvalue weighted by atomic mass is 9.99. The third-order valence-corrected chi connectivity index (χ3v) is 10.7. The molecular formula is C57H51N3. The zero-order valence-electron chi connectivity index (χ0n) is 34.7. The minimum atomic E-state index is 1.07. The molecule has 0 aliphatic heterocycles. The van der Waals surface area contributed by atoms with E-state index in [1.165, 1.54) is 72.6 Å². The van der Waals surface area contributed by atoms with Crippen molar-refractivity contribution in [1.29, 1.82) is 0 Å². The van der Waals surface area contributed by atoms with Crippen LogP contribution in [0.5, 0.6) is 0 Å². The minimum Gasteiger partial charge on any atom is -0.311 e. The molecule has 0 saturated heterocycles. The van der Waals surface area contributed by atoms with Gasteiger partial charge in [-0.1, -0.05) is 159 Å². The summed E-state index contributed by atoms with van der Waals surface area (Å²) in [5.74, 6) is 0. The molecule has 1 aliphatic rings. The predicted molar refractivity (Wildman–Crippen MR) is 258 cm³/mol. The van der Waals surface area contributed by atoms with Crippen molar-refractivity contribution in [3.8, 4) is 16.8 Å². The Balaban J connectivity index is 0.000000191. The number of allylic oxidation sites excluding steroid dienone is 3. The van der Waals surface area contributed by atoms with E-state index in [1.807, 2.05) is 26.0 Å². The lowest BCUT2D eigenvalue weighted by Gasteiger charge is -2.27. The molecule has 0 amide bonds. The highest BCUT2D eigenvalue weighted by atomic mass is 15.1. The number of aromatic nitrogens is 1. The summed E-state index contributed by atoms with van der Waals surface area (Å²) < 4.78 is 2.38. The van der Waals surface area contributed by atoms with E-state index < -0.39 is 0 Å². The van der Waals surface area contributed by atoms with Gasteiger partial charge < -0.3 is 14.4 Å². The van der Waals surface area contributed by atoms with Crippen LogP contribution in [-0.4, -0.2) is 4.57 Å². The maximum absolute atomic E-state index is 2.38. The van der Waals surface area contributed by atoms with Crippen molar-refractivity contribution in [3.05, 3.63) is 242 Å². The number of hydrogen-bond donors (Lipinski definition) is 0. The van der Waals surface area contributed by atoms with Gasteiger partial charge in [-0.15, -0.1) is 0 Å². The minimum absolute atomic E-state index is 1.07. The smallest absolute Gasteiger partial charge is 0.0547 e. The molecule has 0 unspecified atom stereocenters. The van der Waals surface area contributed by atoms with Crippen LogP contribution in [0.15, 0.2) is 236 Å². The van der Waals surface area contributed by atoms with Gasteiger partial charge in [-0.05, 0) is 122 Å². The number of aryl methyl sites for hydroxylation is 1. The van der Waals surface area contributed by atoms with Crippen molar-refractivity contribution in [2.75, 3.05) is 9.80 Å². The Morgan fingerprint density at radius 1 is 0.417 bits per heavy atom. The third-order valence-electron chi connectivity index (χ3n) is 10.7. The molecule has 3 heteroatoms. The predicted octanol–water partition coefficient (Wildman–Crippen LogP) is 16.3. The van der Waals surface area contributed by atoms with Crippen LogP contribution in [0.2, 0.25) is 0 Å². The van der Waals surface area contributed by atoms with E-state index in [-0.39, 0.29) is 0 Å². The van der Waals surface area contributed by atoms with Crippen molar-refractivity contribution in [1.82, 2.24) is 4.57 Å². The quantitative estimate of drug-likeness (QED) is 0.152. The number of rotatable bonds is 8. The summed E-state index contributed by atoms with van der Waals surface area (Å²) in [5.41, 5.74) is 14.4. The van der Waals surface area contributed by atoms with E-state index in [0.29, 0.717) is 0 Å². The first-order valence-electron chi connectivity index (χ1n) is 21.1. The maximum Gasteiger partial charge on any atom is 0.0547 e. The van der Waals surface area contributed by atoms with Gasteiger partial charge in [-0.2, -0.15) is 0 Å². The van der Waals surface area contributed by atoms with Gasteiger partial charge in [0.05, 0.1) is 11.0 Å². The Kier molecular flexibility index (Phi) is 12.5. The molecular weight excluding hydrogens is 727 g/mol. The Labute approximate surface area is 355 Å². The third kappa shape index (κ3) is 8.43. The normalized spacial score (nSPS) is 11.8. The number of para-hydroxylation sites is 5. The van der Waals surface area contributed by atoms with Gasteiger partial charge in [0.15, 0.2) is 0 Å².